The predicted octanol–water partition coefficient (Wildman–Crippen LogP) is 3.54. The lowest BCUT2D eigenvalue weighted by molar-refractivity contribution is 0.281. The molecule has 2 atom stereocenters. The molecule has 0 saturated carbocycles. The maximum Gasteiger partial charge on any atom is 0.420 e. The Labute approximate surface area is 203 Å². The van der Waals surface area contributed by atoms with Gasteiger partial charge in [0.2, 0.25) is 5.13 Å². The standard InChI is InChI=1S/C22H21F2N5O4S2/c1-13(16-5-3-2-4-14(16)10-28-7-6-15(23)11-28)29-18-8-17(24)20(9-19(18)33-22(29)30)35(31,32)27-21-25-12-26-34-21/h2-5,8-9,12-13,15H,6-7,10-11H2,1H3,(H,25,26,27)/t13-,15?/m1/s1. The summed E-state index contributed by atoms with van der Waals surface area (Å²) in [7, 11) is -4.33. The first-order valence-corrected chi connectivity index (χ1v) is 13.1. The number of likely N-dealkylation sites (tertiary alicyclic amines) is 1. The Bertz CT molecular complexity index is 1540. The monoisotopic (exact) mass is 521 g/mol. The Morgan fingerprint density at radius 3 is 2.83 bits per heavy atom. The van der Waals surface area contributed by atoms with Crippen LogP contribution in [0.25, 0.3) is 11.1 Å². The highest BCUT2D eigenvalue weighted by atomic mass is 32.2. The van der Waals surface area contributed by atoms with Crippen LogP contribution in [-0.2, 0) is 16.6 Å². The average molecular weight is 522 g/mol. The van der Waals surface area contributed by atoms with Gasteiger partial charge < -0.3 is 4.42 Å². The van der Waals surface area contributed by atoms with Crippen molar-refractivity contribution in [2.45, 2.75) is 37.0 Å². The van der Waals surface area contributed by atoms with Gasteiger partial charge >= 0.3 is 5.76 Å². The van der Waals surface area contributed by atoms with Crippen LogP contribution in [-0.4, -0.2) is 46.5 Å². The third-order valence-electron chi connectivity index (χ3n) is 6.04. The van der Waals surface area contributed by atoms with Crippen LogP contribution in [0.1, 0.15) is 30.5 Å². The minimum absolute atomic E-state index is 0.0224. The molecule has 0 bridgehead atoms. The summed E-state index contributed by atoms with van der Waals surface area (Å²) >= 11 is 0.799. The number of nitrogens with one attached hydrogen (secondary N) is 1. The molecule has 3 heterocycles. The number of halogens is 2. The molecular formula is C22H21F2N5O4S2. The van der Waals surface area contributed by atoms with Gasteiger partial charge in [0.25, 0.3) is 10.0 Å². The number of alkyl halides is 1. The van der Waals surface area contributed by atoms with E-state index in [4.69, 9.17) is 4.42 Å². The molecule has 0 aliphatic carbocycles. The number of benzene rings is 2. The van der Waals surface area contributed by atoms with Crippen LogP contribution < -0.4 is 10.5 Å². The average Bonchev–Trinajstić information content (AvgIpc) is 3.53. The largest absolute Gasteiger partial charge is 0.420 e. The van der Waals surface area contributed by atoms with Gasteiger partial charge in [-0.05, 0) is 24.5 Å². The van der Waals surface area contributed by atoms with Gasteiger partial charge in [0.05, 0.1) is 11.6 Å². The molecule has 1 N–H and O–H groups in total. The van der Waals surface area contributed by atoms with Crippen LogP contribution in [0, 0.1) is 5.82 Å². The minimum Gasteiger partial charge on any atom is -0.408 e. The van der Waals surface area contributed by atoms with E-state index >= 15 is 4.39 Å². The highest BCUT2D eigenvalue weighted by molar-refractivity contribution is 7.93. The van der Waals surface area contributed by atoms with E-state index in [1.54, 1.807) is 6.92 Å². The summed E-state index contributed by atoms with van der Waals surface area (Å²) in [6.45, 7) is 3.28. The van der Waals surface area contributed by atoms with Crippen LogP contribution in [0.3, 0.4) is 0 Å². The van der Waals surface area contributed by atoms with Crippen LogP contribution >= 0.6 is 11.5 Å². The lowest BCUT2D eigenvalue weighted by Crippen LogP contribution is -2.24. The summed E-state index contributed by atoms with van der Waals surface area (Å²) in [5.74, 6) is -1.80. The van der Waals surface area contributed by atoms with Crippen LogP contribution in [0.4, 0.5) is 13.9 Å². The number of anilines is 1. The highest BCUT2D eigenvalue weighted by Crippen LogP contribution is 2.30. The van der Waals surface area contributed by atoms with Gasteiger partial charge in [-0.1, -0.05) is 24.3 Å². The van der Waals surface area contributed by atoms with Crippen molar-refractivity contribution in [3.63, 3.8) is 0 Å². The molecule has 2 aromatic carbocycles. The van der Waals surface area contributed by atoms with Crippen molar-refractivity contribution in [2.24, 2.45) is 0 Å². The normalized spacial score (nSPS) is 17.7. The zero-order valence-corrected chi connectivity index (χ0v) is 20.2. The first kappa shape index (κ1) is 23.6. The molecule has 1 aliphatic rings. The van der Waals surface area contributed by atoms with Gasteiger partial charge in [-0.2, -0.15) is 4.37 Å². The van der Waals surface area contributed by atoms with Gasteiger partial charge in [-0.25, -0.2) is 27.0 Å². The van der Waals surface area contributed by atoms with Gasteiger partial charge in [0, 0.05) is 43.3 Å². The van der Waals surface area contributed by atoms with Crippen LogP contribution in [0.2, 0.25) is 0 Å². The maximum atomic E-state index is 15.0. The second-order valence-electron chi connectivity index (χ2n) is 8.34. The fourth-order valence-corrected chi connectivity index (χ4v) is 6.13. The third kappa shape index (κ3) is 4.58. The molecule has 1 saturated heterocycles. The summed E-state index contributed by atoms with van der Waals surface area (Å²) in [6.07, 6.45) is 0.803. The van der Waals surface area contributed by atoms with E-state index in [0.29, 0.717) is 26.1 Å². The van der Waals surface area contributed by atoms with Crippen molar-refractivity contribution in [2.75, 3.05) is 17.8 Å². The number of sulfonamides is 1. The molecule has 1 fully saturated rings. The fraction of sp³-hybridized carbons (Fsp3) is 0.318. The predicted molar refractivity (Wildman–Crippen MR) is 126 cm³/mol. The van der Waals surface area contributed by atoms with Crippen molar-refractivity contribution in [1.82, 2.24) is 18.8 Å². The molecule has 13 heteroatoms. The van der Waals surface area contributed by atoms with Crippen LogP contribution in [0.5, 0.6) is 0 Å². The zero-order valence-electron chi connectivity index (χ0n) is 18.5. The highest BCUT2D eigenvalue weighted by Gasteiger charge is 2.27. The number of aromatic nitrogens is 3. The molecule has 2 aromatic heterocycles. The van der Waals surface area contributed by atoms with Gasteiger partial charge in [0.15, 0.2) is 5.58 Å². The van der Waals surface area contributed by atoms with Gasteiger partial charge in [-0.3, -0.25) is 14.2 Å². The Balaban J connectivity index is 1.52. The van der Waals surface area contributed by atoms with Crippen molar-refractivity contribution in [1.29, 1.82) is 0 Å². The molecule has 35 heavy (non-hydrogen) atoms. The number of hydrogen-bond donors (Lipinski definition) is 1. The first-order chi connectivity index (χ1) is 16.7. The molecule has 4 aromatic rings. The number of nitrogens with zero attached hydrogens (tertiary/aromatic N) is 4. The smallest absolute Gasteiger partial charge is 0.408 e. The molecule has 0 amide bonds. The quantitative estimate of drug-likeness (QED) is 0.396. The SMILES string of the molecule is C[C@H](c1ccccc1CN1CCC(F)C1)n1c(=O)oc2cc(S(=O)(=O)Nc3ncns3)c(F)cc21. The Hall–Kier alpha value is -3.16. The Morgan fingerprint density at radius 1 is 1.31 bits per heavy atom. The van der Waals surface area contributed by atoms with E-state index < -0.39 is 38.7 Å². The number of oxazole rings is 1. The van der Waals surface area contributed by atoms with E-state index in [-0.39, 0.29) is 16.2 Å². The summed E-state index contributed by atoms with van der Waals surface area (Å²) in [4.78, 5) is 17.9. The lowest BCUT2D eigenvalue weighted by Gasteiger charge is -2.21. The topological polar surface area (TPSA) is 110 Å². The molecular weight excluding hydrogens is 500 g/mol. The molecule has 0 radical (unpaired) electrons. The Kier molecular flexibility index (Phi) is 6.15. The maximum absolute atomic E-state index is 15.0. The van der Waals surface area contributed by atoms with E-state index in [9.17, 15) is 17.6 Å². The van der Waals surface area contributed by atoms with E-state index in [0.717, 1.165) is 34.8 Å². The summed E-state index contributed by atoms with van der Waals surface area (Å²) in [5, 5.41) is -0.0224. The summed E-state index contributed by atoms with van der Waals surface area (Å²) < 4.78 is 66.5. The number of rotatable bonds is 7. The van der Waals surface area contributed by atoms with Gasteiger partial charge in [0.1, 0.15) is 23.2 Å². The second-order valence-corrected chi connectivity index (χ2v) is 10.8. The molecule has 1 unspecified atom stereocenters. The molecule has 5 rings (SSSR count). The van der Waals surface area contributed by atoms with Crippen molar-refractivity contribution in [3.8, 4) is 0 Å². The first-order valence-electron chi connectivity index (χ1n) is 10.8. The van der Waals surface area contributed by atoms with Crippen molar-refractivity contribution < 1.29 is 21.6 Å². The van der Waals surface area contributed by atoms with Gasteiger partial charge in [-0.15, -0.1) is 0 Å². The van der Waals surface area contributed by atoms with E-state index in [1.807, 2.05) is 29.2 Å². The van der Waals surface area contributed by atoms with Crippen LogP contribution in [0.15, 0.2) is 56.8 Å². The second kappa shape index (κ2) is 9.13. The van der Waals surface area contributed by atoms with Crippen molar-refractivity contribution >= 4 is 37.8 Å². The zero-order chi connectivity index (χ0) is 24.7. The number of hydrogen-bond acceptors (Lipinski definition) is 8. The summed E-state index contributed by atoms with van der Waals surface area (Å²) in [6, 6.07) is 8.87. The Morgan fingerprint density at radius 2 is 2.11 bits per heavy atom. The molecule has 9 nitrogen and oxygen atoms in total. The molecule has 0 spiro atoms. The van der Waals surface area contributed by atoms with E-state index in [1.165, 1.54) is 10.9 Å². The molecule has 184 valence electrons. The fourth-order valence-electron chi connectivity index (χ4n) is 4.39. The van der Waals surface area contributed by atoms with Crippen molar-refractivity contribution in [3.05, 3.63) is 70.2 Å². The number of fused-ring (bicyclic) bond motifs is 1. The third-order valence-corrected chi connectivity index (χ3v) is 8.10. The summed E-state index contributed by atoms with van der Waals surface area (Å²) in [5.41, 5.74) is 1.76. The van der Waals surface area contributed by atoms with E-state index in [2.05, 4.69) is 14.1 Å². The molecule has 1 aliphatic heterocycles. The lowest BCUT2D eigenvalue weighted by atomic mass is 10.0. The minimum atomic E-state index is -4.33.